The molecule has 9 heteroatoms. The first kappa shape index (κ1) is 22.6. The molecule has 0 radical (unpaired) electrons. The van der Waals surface area contributed by atoms with Gasteiger partial charge in [-0.15, -0.1) is 0 Å². The summed E-state index contributed by atoms with van der Waals surface area (Å²) in [5.41, 5.74) is 1.97. The maximum atomic E-state index is 13.1. The van der Waals surface area contributed by atoms with Crippen molar-refractivity contribution in [1.82, 2.24) is 0 Å². The molecule has 2 aliphatic carbocycles. The van der Waals surface area contributed by atoms with Gasteiger partial charge in [0.05, 0.1) is 33.8 Å². The number of allylic oxidation sites excluding steroid dienone is 2. The lowest BCUT2D eigenvalue weighted by Gasteiger charge is -2.19. The third-order valence-electron chi connectivity index (χ3n) is 6.76. The lowest BCUT2D eigenvalue weighted by atomic mass is 9.82. The first-order chi connectivity index (χ1) is 16.2. The van der Waals surface area contributed by atoms with Gasteiger partial charge in [0.15, 0.2) is 6.61 Å². The summed E-state index contributed by atoms with van der Waals surface area (Å²) >= 11 is 11.9. The van der Waals surface area contributed by atoms with E-state index in [2.05, 4.69) is 11.4 Å². The Hall–Kier alpha value is -3.16. The number of anilines is 2. The Morgan fingerprint density at radius 2 is 1.85 bits per heavy atom. The summed E-state index contributed by atoms with van der Waals surface area (Å²) in [6, 6.07) is 10.7. The van der Waals surface area contributed by atoms with Crippen molar-refractivity contribution in [2.45, 2.75) is 13.3 Å². The van der Waals surface area contributed by atoms with Crippen LogP contribution in [0.1, 0.15) is 23.7 Å². The number of halogens is 2. The van der Waals surface area contributed by atoms with Crippen LogP contribution in [0.5, 0.6) is 0 Å². The zero-order valence-electron chi connectivity index (χ0n) is 18.1. The molecule has 174 valence electrons. The Labute approximate surface area is 205 Å². The van der Waals surface area contributed by atoms with Gasteiger partial charge in [-0.2, -0.15) is 0 Å². The molecule has 0 aromatic heterocycles. The molecule has 5 rings (SSSR count). The molecule has 34 heavy (non-hydrogen) atoms. The lowest BCUT2D eigenvalue weighted by Crippen LogP contribution is -2.33. The van der Waals surface area contributed by atoms with E-state index in [9.17, 15) is 19.2 Å². The molecular weight excluding hydrogens is 479 g/mol. The second-order valence-corrected chi connectivity index (χ2v) is 9.62. The molecule has 1 N–H and O–H groups in total. The minimum atomic E-state index is -0.754. The van der Waals surface area contributed by atoms with E-state index in [0.717, 1.165) is 6.42 Å². The molecule has 7 nitrogen and oxygen atoms in total. The monoisotopic (exact) mass is 498 g/mol. The smallest absolute Gasteiger partial charge is 0.338 e. The summed E-state index contributed by atoms with van der Waals surface area (Å²) in [5.74, 6) is -2.24. The van der Waals surface area contributed by atoms with Gasteiger partial charge in [0, 0.05) is 5.02 Å². The van der Waals surface area contributed by atoms with Crippen LogP contribution in [0.2, 0.25) is 10.0 Å². The van der Waals surface area contributed by atoms with Gasteiger partial charge in [-0.3, -0.25) is 14.4 Å². The second kappa shape index (κ2) is 8.56. The van der Waals surface area contributed by atoms with Gasteiger partial charge in [0.25, 0.3) is 5.91 Å². The highest BCUT2D eigenvalue weighted by atomic mass is 35.5. The van der Waals surface area contributed by atoms with Gasteiger partial charge in [-0.25, -0.2) is 9.69 Å². The van der Waals surface area contributed by atoms with Crippen molar-refractivity contribution in [2.75, 3.05) is 16.8 Å². The van der Waals surface area contributed by atoms with E-state index in [1.54, 1.807) is 18.2 Å². The van der Waals surface area contributed by atoms with Gasteiger partial charge < -0.3 is 10.1 Å². The molecule has 1 saturated heterocycles. The molecule has 0 spiro atoms. The topological polar surface area (TPSA) is 92.8 Å². The Bertz CT molecular complexity index is 1270. The molecule has 1 heterocycles. The first-order valence-corrected chi connectivity index (χ1v) is 11.6. The fraction of sp³-hybridized carbons (Fsp3) is 0.280. The zero-order valence-corrected chi connectivity index (χ0v) is 19.6. The minimum Gasteiger partial charge on any atom is -0.452 e. The van der Waals surface area contributed by atoms with E-state index in [4.69, 9.17) is 27.9 Å². The lowest BCUT2D eigenvalue weighted by molar-refractivity contribution is -0.123. The summed E-state index contributed by atoms with van der Waals surface area (Å²) < 4.78 is 5.11. The predicted molar refractivity (Wildman–Crippen MR) is 127 cm³/mol. The van der Waals surface area contributed by atoms with E-state index in [-0.39, 0.29) is 46.1 Å². The van der Waals surface area contributed by atoms with Crippen LogP contribution in [0.15, 0.2) is 54.1 Å². The van der Waals surface area contributed by atoms with Crippen molar-refractivity contribution in [3.8, 4) is 0 Å². The zero-order chi connectivity index (χ0) is 24.1. The van der Waals surface area contributed by atoms with Crippen LogP contribution in [-0.2, 0) is 19.1 Å². The van der Waals surface area contributed by atoms with Crippen LogP contribution >= 0.6 is 23.2 Å². The van der Waals surface area contributed by atoms with Crippen LogP contribution in [0.3, 0.4) is 0 Å². The Balaban J connectivity index is 1.25. The standard InChI is InChI=1S/C25H20Cl2N2O5/c1-12-7-14-9-17(12)22-21(14)23(31)29(24(22)32)16-4-2-3-13(8-16)25(33)34-11-20(30)28-19-6-5-15(26)10-18(19)27/h2-8,10,14,17,21-22H,9,11H2,1H3,(H,28,30)/t14-,17+,21+,22-/m0/s1. The van der Waals surface area contributed by atoms with Crippen molar-refractivity contribution < 1.29 is 23.9 Å². The molecule has 1 saturated carbocycles. The van der Waals surface area contributed by atoms with E-state index in [1.165, 1.54) is 34.7 Å². The SMILES string of the molecule is CC1=C[C@H]2C[C@H]1[C@@H]1C(=O)N(c3cccc(C(=O)OCC(=O)Nc4ccc(Cl)cc4Cl)c3)C(=O)[C@@H]12. The molecule has 4 atom stereocenters. The van der Waals surface area contributed by atoms with Crippen molar-refractivity contribution in [2.24, 2.45) is 23.7 Å². The van der Waals surface area contributed by atoms with Gasteiger partial charge >= 0.3 is 5.97 Å². The highest BCUT2D eigenvalue weighted by Crippen LogP contribution is 2.55. The number of rotatable bonds is 5. The molecule has 2 bridgehead atoms. The number of fused-ring (bicyclic) bond motifs is 5. The maximum absolute atomic E-state index is 13.1. The number of imide groups is 1. The molecule has 1 aliphatic heterocycles. The van der Waals surface area contributed by atoms with Gasteiger partial charge in [0.2, 0.25) is 11.8 Å². The average molecular weight is 499 g/mol. The van der Waals surface area contributed by atoms with Crippen molar-refractivity contribution in [3.05, 3.63) is 69.7 Å². The number of amides is 3. The third-order valence-corrected chi connectivity index (χ3v) is 7.31. The minimum absolute atomic E-state index is 0.0947. The first-order valence-electron chi connectivity index (χ1n) is 10.8. The molecule has 3 amide bonds. The largest absolute Gasteiger partial charge is 0.452 e. The van der Waals surface area contributed by atoms with Crippen molar-refractivity contribution >= 4 is 58.3 Å². The number of nitrogens with one attached hydrogen (secondary N) is 1. The summed E-state index contributed by atoms with van der Waals surface area (Å²) in [6.45, 7) is 1.47. The number of esters is 1. The summed E-state index contributed by atoms with van der Waals surface area (Å²) in [5, 5.41) is 3.22. The van der Waals surface area contributed by atoms with Crippen LogP contribution in [0, 0.1) is 23.7 Å². The highest BCUT2D eigenvalue weighted by Gasteiger charge is 2.60. The van der Waals surface area contributed by atoms with E-state index in [0.29, 0.717) is 16.4 Å². The number of carbonyl (C=O) groups excluding carboxylic acids is 4. The molecule has 3 aliphatic rings. The average Bonchev–Trinajstić information content (AvgIpc) is 3.44. The number of benzene rings is 2. The van der Waals surface area contributed by atoms with Gasteiger partial charge in [0.1, 0.15) is 0 Å². The Morgan fingerprint density at radius 3 is 2.62 bits per heavy atom. The molecule has 2 fully saturated rings. The van der Waals surface area contributed by atoms with Crippen LogP contribution in [-0.4, -0.2) is 30.3 Å². The second-order valence-electron chi connectivity index (χ2n) is 8.78. The number of ether oxygens (including phenoxy) is 1. The van der Waals surface area contributed by atoms with E-state index >= 15 is 0 Å². The number of carbonyl (C=O) groups is 4. The normalized spacial score (nSPS) is 24.8. The van der Waals surface area contributed by atoms with Gasteiger partial charge in [-0.05, 0) is 61.6 Å². The quantitative estimate of drug-likeness (QED) is 0.372. The number of hydrogen-bond acceptors (Lipinski definition) is 5. The predicted octanol–water partition coefficient (Wildman–Crippen LogP) is 4.49. The van der Waals surface area contributed by atoms with Crippen LogP contribution < -0.4 is 10.2 Å². The molecule has 2 aromatic carbocycles. The molecule has 2 aromatic rings. The van der Waals surface area contributed by atoms with Crippen LogP contribution in [0.4, 0.5) is 11.4 Å². The summed E-state index contributed by atoms with van der Waals surface area (Å²) in [7, 11) is 0. The number of hydrogen-bond donors (Lipinski definition) is 1. The van der Waals surface area contributed by atoms with Crippen LogP contribution in [0.25, 0.3) is 0 Å². The third kappa shape index (κ3) is 3.79. The maximum Gasteiger partial charge on any atom is 0.338 e. The van der Waals surface area contributed by atoms with Crippen molar-refractivity contribution in [3.63, 3.8) is 0 Å². The fourth-order valence-electron chi connectivity index (χ4n) is 5.29. The highest BCUT2D eigenvalue weighted by molar-refractivity contribution is 6.36. The molecule has 0 unspecified atom stereocenters. The Morgan fingerprint density at radius 1 is 1.09 bits per heavy atom. The summed E-state index contributed by atoms with van der Waals surface area (Å²) in [6.07, 6.45) is 2.96. The summed E-state index contributed by atoms with van der Waals surface area (Å²) in [4.78, 5) is 52.2. The fourth-order valence-corrected chi connectivity index (χ4v) is 5.75. The number of nitrogens with zero attached hydrogens (tertiary/aromatic N) is 1. The molecular formula is C25H20Cl2N2O5. The van der Waals surface area contributed by atoms with E-state index < -0.39 is 18.5 Å². The van der Waals surface area contributed by atoms with Crippen molar-refractivity contribution in [1.29, 1.82) is 0 Å². The van der Waals surface area contributed by atoms with E-state index in [1.807, 2.05) is 6.92 Å². The Kier molecular flexibility index (Phi) is 5.70. The van der Waals surface area contributed by atoms with Gasteiger partial charge in [-0.1, -0.05) is 40.9 Å².